The zero-order valence-electron chi connectivity index (χ0n) is 14.2. The fourth-order valence-corrected chi connectivity index (χ4v) is 2.29. The number of rotatable bonds is 6. The van der Waals surface area contributed by atoms with Crippen molar-refractivity contribution in [2.75, 3.05) is 26.1 Å². The van der Waals surface area contributed by atoms with Crippen LogP contribution in [0, 0.1) is 6.92 Å². The van der Waals surface area contributed by atoms with Crippen LogP contribution in [0.4, 0.5) is 5.69 Å². The Bertz CT molecular complexity index is 690. The number of aryl methyl sites for hydroxylation is 1. The number of nitrogens with one attached hydrogen (secondary N) is 1. The second-order valence-electron chi connectivity index (χ2n) is 5.14. The zero-order chi connectivity index (χ0) is 16.7. The molecule has 0 unspecified atom stereocenters. The van der Waals surface area contributed by atoms with Crippen molar-refractivity contribution in [3.8, 4) is 11.5 Å². The van der Waals surface area contributed by atoms with Gasteiger partial charge in [0.15, 0.2) is 17.5 Å². The summed E-state index contributed by atoms with van der Waals surface area (Å²) in [6, 6.07) is 13.8. The Kier molecular flexibility index (Phi) is 8.39. The first-order valence-electron chi connectivity index (χ1n) is 7.47. The Hall–Kier alpha value is -1.96. The topological polar surface area (TPSA) is 68.9 Å². The molecule has 0 spiro atoms. The average molecular weight is 441 g/mol. The number of nitrogens with zero attached hydrogens (tertiary/aromatic N) is 1. The largest absolute Gasteiger partial charge is 0.493 e. The van der Waals surface area contributed by atoms with Crippen molar-refractivity contribution in [3.05, 3.63) is 53.6 Å². The van der Waals surface area contributed by atoms with Crippen LogP contribution in [0.25, 0.3) is 0 Å². The Morgan fingerprint density at radius 3 is 2.46 bits per heavy atom. The van der Waals surface area contributed by atoms with Gasteiger partial charge < -0.3 is 20.5 Å². The Morgan fingerprint density at radius 1 is 1.08 bits per heavy atom. The van der Waals surface area contributed by atoms with Crippen LogP contribution < -0.4 is 20.5 Å². The van der Waals surface area contributed by atoms with Gasteiger partial charge in [-0.1, -0.05) is 24.3 Å². The van der Waals surface area contributed by atoms with Crippen LogP contribution in [0.15, 0.2) is 47.5 Å². The molecule has 0 heterocycles. The van der Waals surface area contributed by atoms with Gasteiger partial charge in [0.2, 0.25) is 0 Å². The van der Waals surface area contributed by atoms with E-state index in [1.165, 1.54) is 11.1 Å². The number of benzene rings is 2. The first-order chi connectivity index (χ1) is 11.1. The van der Waals surface area contributed by atoms with E-state index in [1.807, 2.05) is 30.3 Å². The standard InChI is InChI=1S/C18H23N3O2.HI/c1-13-6-4-5-7-14(13)10-11-20-18(19)21-15-8-9-16(22-2)17(12-15)23-3;/h4-9,12H,10-11H2,1-3H3,(H3,19,20,21);1H. The molecule has 0 aliphatic heterocycles. The number of ether oxygens (including phenoxy) is 2. The first-order valence-corrected chi connectivity index (χ1v) is 7.47. The van der Waals surface area contributed by atoms with E-state index >= 15 is 0 Å². The number of hydrogen-bond acceptors (Lipinski definition) is 3. The highest BCUT2D eigenvalue weighted by Crippen LogP contribution is 2.29. The normalized spacial score (nSPS) is 10.7. The van der Waals surface area contributed by atoms with Crippen molar-refractivity contribution in [1.82, 2.24) is 0 Å². The molecule has 0 aromatic heterocycles. The monoisotopic (exact) mass is 441 g/mol. The van der Waals surface area contributed by atoms with Gasteiger partial charge in [0.1, 0.15) is 0 Å². The molecule has 2 aromatic carbocycles. The molecule has 2 aromatic rings. The van der Waals surface area contributed by atoms with Gasteiger partial charge in [0, 0.05) is 18.3 Å². The molecule has 0 aliphatic carbocycles. The maximum atomic E-state index is 5.94. The summed E-state index contributed by atoms with van der Waals surface area (Å²) in [7, 11) is 3.20. The maximum Gasteiger partial charge on any atom is 0.193 e. The number of anilines is 1. The van der Waals surface area contributed by atoms with Gasteiger partial charge in [-0.25, -0.2) is 0 Å². The number of aliphatic imine (C=N–C) groups is 1. The fraction of sp³-hybridized carbons (Fsp3) is 0.278. The minimum Gasteiger partial charge on any atom is -0.493 e. The minimum absolute atomic E-state index is 0. The highest BCUT2D eigenvalue weighted by Gasteiger charge is 2.05. The fourth-order valence-electron chi connectivity index (χ4n) is 2.29. The smallest absolute Gasteiger partial charge is 0.193 e. The Balaban J connectivity index is 0.00000288. The van der Waals surface area contributed by atoms with Crippen molar-refractivity contribution < 1.29 is 9.47 Å². The lowest BCUT2D eigenvalue weighted by Crippen LogP contribution is -2.23. The molecule has 5 nitrogen and oxygen atoms in total. The lowest BCUT2D eigenvalue weighted by Gasteiger charge is -2.11. The van der Waals surface area contributed by atoms with Gasteiger partial charge in [-0.05, 0) is 36.6 Å². The maximum absolute atomic E-state index is 5.94. The highest BCUT2D eigenvalue weighted by atomic mass is 127. The van der Waals surface area contributed by atoms with Crippen LogP contribution in [0.3, 0.4) is 0 Å². The molecule has 0 radical (unpaired) electrons. The van der Waals surface area contributed by atoms with Gasteiger partial charge in [0.05, 0.1) is 14.2 Å². The molecule has 0 amide bonds. The molecule has 6 heteroatoms. The molecule has 0 aliphatic rings. The number of nitrogens with two attached hydrogens (primary N) is 1. The quantitative estimate of drug-likeness (QED) is 0.409. The van der Waals surface area contributed by atoms with E-state index in [9.17, 15) is 0 Å². The van der Waals surface area contributed by atoms with Crippen LogP contribution >= 0.6 is 24.0 Å². The van der Waals surface area contributed by atoms with Crippen molar-refractivity contribution >= 4 is 35.6 Å². The first kappa shape index (κ1) is 20.1. The van der Waals surface area contributed by atoms with E-state index in [1.54, 1.807) is 14.2 Å². The van der Waals surface area contributed by atoms with Crippen LogP contribution in [0.2, 0.25) is 0 Å². The van der Waals surface area contributed by atoms with Crippen LogP contribution in [0.1, 0.15) is 11.1 Å². The highest BCUT2D eigenvalue weighted by molar-refractivity contribution is 14.0. The number of halogens is 1. The molecule has 24 heavy (non-hydrogen) atoms. The lowest BCUT2D eigenvalue weighted by molar-refractivity contribution is 0.355. The lowest BCUT2D eigenvalue weighted by atomic mass is 10.1. The average Bonchev–Trinajstić information content (AvgIpc) is 2.56. The molecule has 0 saturated carbocycles. The predicted octanol–water partition coefficient (Wildman–Crippen LogP) is 3.60. The van der Waals surface area contributed by atoms with Gasteiger partial charge in [-0.15, -0.1) is 24.0 Å². The van der Waals surface area contributed by atoms with E-state index in [2.05, 4.69) is 29.4 Å². The molecule has 2 rings (SSSR count). The van der Waals surface area contributed by atoms with Crippen molar-refractivity contribution in [2.24, 2.45) is 10.7 Å². The number of methoxy groups -OCH3 is 2. The van der Waals surface area contributed by atoms with Crippen molar-refractivity contribution in [1.29, 1.82) is 0 Å². The van der Waals surface area contributed by atoms with Crippen molar-refractivity contribution in [2.45, 2.75) is 13.3 Å². The summed E-state index contributed by atoms with van der Waals surface area (Å²) in [4.78, 5) is 4.37. The minimum atomic E-state index is 0. The summed E-state index contributed by atoms with van der Waals surface area (Å²) < 4.78 is 10.5. The molecule has 3 N–H and O–H groups in total. The van der Waals surface area contributed by atoms with Gasteiger partial charge in [-0.3, -0.25) is 4.99 Å². The zero-order valence-corrected chi connectivity index (χ0v) is 16.5. The summed E-state index contributed by atoms with van der Waals surface area (Å²) in [5, 5.41) is 3.06. The van der Waals surface area contributed by atoms with Crippen LogP contribution in [0.5, 0.6) is 11.5 Å². The summed E-state index contributed by atoms with van der Waals surface area (Å²) in [6.45, 7) is 2.74. The predicted molar refractivity (Wildman–Crippen MR) is 110 cm³/mol. The SMILES string of the molecule is COc1ccc(NC(N)=NCCc2ccccc2C)cc1OC.I. The second-order valence-corrected chi connectivity index (χ2v) is 5.14. The number of hydrogen-bond donors (Lipinski definition) is 2. The molecular formula is C18H24IN3O2. The van der Waals surface area contributed by atoms with E-state index in [0.717, 1.165) is 12.1 Å². The molecular weight excluding hydrogens is 417 g/mol. The Labute approximate surface area is 160 Å². The molecule has 0 bridgehead atoms. The molecule has 0 saturated heterocycles. The van der Waals surface area contributed by atoms with E-state index in [0.29, 0.717) is 24.0 Å². The third-order valence-corrected chi connectivity index (χ3v) is 3.58. The molecule has 0 fully saturated rings. The molecule has 130 valence electrons. The van der Waals surface area contributed by atoms with Crippen LogP contribution in [-0.4, -0.2) is 26.7 Å². The van der Waals surface area contributed by atoms with Crippen molar-refractivity contribution in [3.63, 3.8) is 0 Å². The third-order valence-electron chi connectivity index (χ3n) is 3.58. The Morgan fingerprint density at radius 2 is 1.79 bits per heavy atom. The van der Waals surface area contributed by atoms with E-state index in [-0.39, 0.29) is 24.0 Å². The van der Waals surface area contributed by atoms with E-state index in [4.69, 9.17) is 15.2 Å². The number of guanidine groups is 1. The van der Waals surface area contributed by atoms with E-state index < -0.39 is 0 Å². The van der Waals surface area contributed by atoms with Gasteiger partial charge >= 0.3 is 0 Å². The van der Waals surface area contributed by atoms with Gasteiger partial charge in [-0.2, -0.15) is 0 Å². The second kappa shape index (κ2) is 10.0. The third kappa shape index (κ3) is 5.59. The summed E-state index contributed by atoms with van der Waals surface area (Å²) in [5.74, 6) is 1.70. The summed E-state index contributed by atoms with van der Waals surface area (Å²) in [6.07, 6.45) is 0.862. The molecule has 0 atom stereocenters. The van der Waals surface area contributed by atoms with Crippen LogP contribution in [-0.2, 0) is 6.42 Å². The summed E-state index contributed by atoms with van der Waals surface area (Å²) >= 11 is 0. The summed E-state index contributed by atoms with van der Waals surface area (Å²) in [5.41, 5.74) is 9.30. The van der Waals surface area contributed by atoms with Gasteiger partial charge in [0.25, 0.3) is 0 Å².